The molecule has 0 spiro atoms. The maximum Gasteiger partial charge on any atom is 0.269 e. The number of carbonyl (C=O) groups excluding carboxylic acids is 1. The molecular formula is C18H22N6O3. The molecule has 2 aromatic rings. The number of nitrogens with one attached hydrogen (secondary N) is 2. The van der Waals surface area contributed by atoms with Gasteiger partial charge in [0.2, 0.25) is 5.95 Å². The zero-order valence-corrected chi connectivity index (χ0v) is 15.1. The van der Waals surface area contributed by atoms with E-state index in [0.29, 0.717) is 24.6 Å². The number of amides is 1. The Kier molecular flexibility index (Phi) is 5.80. The van der Waals surface area contributed by atoms with Crippen molar-refractivity contribution >= 4 is 23.4 Å². The summed E-state index contributed by atoms with van der Waals surface area (Å²) < 4.78 is 0. The van der Waals surface area contributed by atoms with E-state index in [-0.39, 0.29) is 11.6 Å². The Balaban J connectivity index is 1.49. The van der Waals surface area contributed by atoms with Crippen LogP contribution < -0.4 is 15.5 Å². The lowest BCUT2D eigenvalue weighted by molar-refractivity contribution is -0.384. The Morgan fingerprint density at radius 1 is 1.19 bits per heavy atom. The third kappa shape index (κ3) is 4.90. The van der Waals surface area contributed by atoms with Gasteiger partial charge in [-0.3, -0.25) is 14.9 Å². The van der Waals surface area contributed by atoms with Crippen molar-refractivity contribution in [1.82, 2.24) is 15.3 Å². The molecule has 0 bridgehead atoms. The van der Waals surface area contributed by atoms with Crippen molar-refractivity contribution in [2.75, 3.05) is 36.4 Å². The smallest absolute Gasteiger partial charge is 0.269 e. The van der Waals surface area contributed by atoms with Crippen LogP contribution in [0.15, 0.2) is 30.3 Å². The number of anilines is 2. The molecule has 0 aliphatic carbocycles. The van der Waals surface area contributed by atoms with Gasteiger partial charge in [-0.15, -0.1) is 0 Å². The molecule has 0 atom stereocenters. The molecule has 3 rings (SSSR count). The fourth-order valence-corrected chi connectivity index (χ4v) is 2.93. The summed E-state index contributed by atoms with van der Waals surface area (Å²) in [7, 11) is 0. The van der Waals surface area contributed by atoms with E-state index in [1.54, 1.807) is 0 Å². The van der Waals surface area contributed by atoms with Gasteiger partial charge in [-0.2, -0.15) is 4.98 Å². The molecule has 0 radical (unpaired) electrons. The summed E-state index contributed by atoms with van der Waals surface area (Å²) in [6.07, 6.45) is 2.36. The average Bonchev–Trinajstić information content (AvgIpc) is 3.19. The van der Waals surface area contributed by atoms with Gasteiger partial charge in [0.05, 0.1) is 4.92 Å². The van der Waals surface area contributed by atoms with E-state index in [1.807, 2.05) is 13.0 Å². The first kappa shape index (κ1) is 18.6. The van der Waals surface area contributed by atoms with Crippen LogP contribution >= 0.6 is 0 Å². The molecule has 142 valence electrons. The highest BCUT2D eigenvalue weighted by Gasteiger charge is 2.15. The number of hydrogen-bond donors (Lipinski definition) is 2. The molecule has 0 unspecified atom stereocenters. The summed E-state index contributed by atoms with van der Waals surface area (Å²) in [4.78, 5) is 33.4. The Hall–Kier alpha value is -3.23. The number of benzene rings is 1. The van der Waals surface area contributed by atoms with Crippen molar-refractivity contribution in [1.29, 1.82) is 0 Å². The van der Waals surface area contributed by atoms with Crippen LogP contribution in [0.4, 0.5) is 17.5 Å². The SMILES string of the molecule is Cc1cc(N2CCCC2)nc(NCCNC(=O)c2ccc([N+](=O)[O-])cc2)n1. The minimum Gasteiger partial charge on any atom is -0.356 e. The van der Waals surface area contributed by atoms with Crippen molar-refractivity contribution in [2.24, 2.45) is 0 Å². The normalized spacial score (nSPS) is 13.4. The molecule has 9 heteroatoms. The first-order valence-electron chi connectivity index (χ1n) is 8.90. The van der Waals surface area contributed by atoms with Gasteiger partial charge in [-0.25, -0.2) is 4.98 Å². The lowest BCUT2D eigenvalue weighted by atomic mass is 10.2. The Labute approximate surface area is 157 Å². The standard InChI is InChI=1S/C18H22N6O3/c1-13-12-16(23-10-2-3-11-23)22-18(21-13)20-9-8-19-17(25)14-4-6-15(7-5-14)24(26)27/h4-7,12H,2-3,8-11H2,1H3,(H,19,25)(H,20,21,22). The van der Waals surface area contributed by atoms with Gasteiger partial charge in [0.1, 0.15) is 5.82 Å². The van der Waals surface area contributed by atoms with Gasteiger partial charge in [0, 0.05) is 55.6 Å². The number of nitro groups is 1. The Bertz CT molecular complexity index is 818. The number of nitro benzene ring substituents is 1. The molecule has 1 aromatic carbocycles. The number of non-ortho nitro benzene ring substituents is 1. The topological polar surface area (TPSA) is 113 Å². The molecule has 1 fully saturated rings. The number of aryl methyl sites for hydroxylation is 1. The summed E-state index contributed by atoms with van der Waals surface area (Å²) in [6.45, 7) is 4.82. The van der Waals surface area contributed by atoms with E-state index in [2.05, 4.69) is 25.5 Å². The maximum absolute atomic E-state index is 12.1. The minimum absolute atomic E-state index is 0.0429. The van der Waals surface area contributed by atoms with Crippen LogP contribution in [0.25, 0.3) is 0 Å². The molecule has 1 aromatic heterocycles. The van der Waals surface area contributed by atoms with Crippen LogP contribution in [0.5, 0.6) is 0 Å². The maximum atomic E-state index is 12.1. The van der Waals surface area contributed by atoms with Crippen LogP contribution in [0, 0.1) is 17.0 Å². The van der Waals surface area contributed by atoms with Crippen LogP contribution in [0.2, 0.25) is 0 Å². The predicted molar refractivity (Wildman–Crippen MR) is 102 cm³/mol. The largest absolute Gasteiger partial charge is 0.356 e. The molecule has 1 saturated heterocycles. The lowest BCUT2D eigenvalue weighted by Crippen LogP contribution is -2.29. The third-order valence-corrected chi connectivity index (χ3v) is 4.30. The van der Waals surface area contributed by atoms with Crippen LogP contribution in [-0.4, -0.2) is 47.0 Å². The summed E-state index contributed by atoms with van der Waals surface area (Å²) in [6, 6.07) is 7.48. The number of carbonyl (C=O) groups is 1. The monoisotopic (exact) mass is 370 g/mol. The van der Waals surface area contributed by atoms with Crippen LogP contribution in [0.1, 0.15) is 28.9 Å². The molecule has 9 nitrogen and oxygen atoms in total. The van der Waals surface area contributed by atoms with Crippen LogP contribution in [-0.2, 0) is 0 Å². The quantitative estimate of drug-likeness (QED) is 0.436. The second kappa shape index (κ2) is 8.43. The number of nitrogens with zero attached hydrogens (tertiary/aromatic N) is 4. The van der Waals surface area contributed by atoms with Crippen molar-refractivity contribution in [3.63, 3.8) is 0 Å². The number of hydrogen-bond acceptors (Lipinski definition) is 7. The van der Waals surface area contributed by atoms with E-state index in [4.69, 9.17) is 0 Å². The average molecular weight is 370 g/mol. The van der Waals surface area contributed by atoms with E-state index >= 15 is 0 Å². The van der Waals surface area contributed by atoms with Crippen LogP contribution in [0.3, 0.4) is 0 Å². The number of rotatable bonds is 7. The van der Waals surface area contributed by atoms with Crippen molar-refractivity contribution in [3.05, 3.63) is 51.7 Å². The fraction of sp³-hybridized carbons (Fsp3) is 0.389. The lowest BCUT2D eigenvalue weighted by Gasteiger charge is -2.17. The minimum atomic E-state index is -0.496. The van der Waals surface area contributed by atoms with Crippen molar-refractivity contribution < 1.29 is 9.72 Å². The molecule has 1 aliphatic heterocycles. The zero-order chi connectivity index (χ0) is 19.2. The highest BCUT2D eigenvalue weighted by atomic mass is 16.6. The molecule has 2 N–H and O–H groups in total. The van der Waals surface area contributed by atoms with E-state index < -0.39 is 4.92 Å². The molecule has 2 heterocycles. The molecular weight excluding hydrogens is 348 g/mol. The fourth-order valence-electron chi connectivity index (χ4n) is 2.93. The van der Waals surface area contributed by atoms with Gasteiger partial charge in [0.15, 0.2) is 0 Å². The summed E-state index contributed by atoms with van der Waals surface area (Å²) in [5.41, 5.74) is 1.23. The third-order valence-electron chi connectivity index (χ3n) is 4.30. The second-order valence-electron chi connectivity index (χ2n) is 6.37. The summed E-state index contributed by atoms with van der Waals surface area (Å²) in [5, 5.41) is 16.5. The highest BCUT2D eigenvalue weighted by molar-refractivity contribution is 5.94. The van der Waals surface area contributed by atoms with Gasteiger partial charge in [0.25, 0.3) is 11.6 Å². The molecule has 27 heavy (non-hydrogen) atoms. The van der Waals surface area contributed by atoms with E-state index in [0.717, 1.165) is 24.6 Å². The first-order valence-corrected chi connectivity index (χ1v) is 8.90. The van der Waals surface area contributed by atoms with Gasteiger partial charge in [-0.05, 0) is 31.9 Å². The van der Waals surface area contributed by atoms with Gasteiger partial charge < -0.3 is 15.5 Å². The second-order valence-corrected chi connectivity index (χ2v) is 6.37. The Morgan fingerprint density at radius 3 is 2.56 bits per heavy atom. The molecule has 0 saturated carbocycles. The highest BCUT2D eigenvalue weighted by Crippen LogP contribution is 2.19. The van der Waals surface area contributed by atoms with E-state index in [9.17, 15) is 14.9 Å². The molecule has 1 aliphatic rings. The van der Waals surface area contributed by atoms with Crippen molar-refractivity contribution in [2.45, 2.75) is 19.8 Å². The Morgan fingerprint density at radius 2 is 1.89 bits per heavy atom. The summed E-state index contributed by atoms with van der Waals surface area (Å²) in [5.74, 6) is 1.19. The summed E-state index contributed by atoms with van der Waals surface area (Å²) >= 11 is 0. The molecule has 1 amide bonds. The first-order chi connectivity index (χ1) is 13.0. The predicted octanol–water partition coefficient (Wildman–Crippen LogP) is 2.14. The van der Waals surface area contributed by atoms with Gasteiger partial charge in [-0.1, -0.05) is 0 Å². The number of aromatic nitrogens is 2. The zero-order valence-electron chi connectivity index (χ0n) is 15.1. The van der Waals surface area contributed by atoms with Crippen molar-refractivity contribution in [3.8, 4) is 0 Å². The van der Waals surface area contributed by atoms with Gasteiger partial charge >= 0.3 is 0 Å². The van der Waals surface area contributed by atoms with E-state index in [1.165, 1.54) is 37.1 Å².